The number of halogens is 1. The molecule has 5 rings (SSSR count). The van der Waals surface area contributed by atoms with Crippen molar-refractivity contribution in [2.24, 2.45) is 17.6 Å². The summed E-state index contributed by atoms with van der Waals surface area (Å²) >= 11 is 6.25. The second kappa shape index (κ2) is 7.85. The lowest BCUT2D eigenvalue weighted by molar-refractivity contribution is -0.384. The number of carbonyl (C=O) groups is 4. The maximum atomic E-state index is 13.8. The molecule has 4 N–H and O–H groups in total. The summed E-state index contributed by atoms with van der Waals surface area (Å²) in [5, 5.41) is 17.7. The zero-order chi connectivity index (χ0) is 25.2. The summed E-state index contributed by atoms with van der Waals surface area (Å²) in [6.45, 7) is 1.73. The van der Waals surface area contributed by atoms with Gasteiger partial charge in [-0.25, -0.2) is 4.90 Å². The molecule has 0 radical (unpaired) electrons. The fourth-order valence-electron chi connectivity index (χ4n) is 5.54. The summed E-state index contributed by atoms with van der Waals surface area (Å²) in [6, 6.07) is 7.73. The summed E-state index contributed by atoms with van der Waals surface area (Å²) in [5.74, 6) is -4.51. The number of imide groups is 1. The van der Waals surface area contributed by atoms with Crippen molar-refractivity contribution in [2.75, 3.05) is 10.2 Å². The van der Waals surface area contributed by atoms with Crippen molar-refractivity contribution in [3.8, 4) is 0 Å². The fraction of sp³-hybridized carbons (Fsp3) is 0.304. The first-order valence-electron chi connectivity index (χ1n) is 10.9. The molecule has 2 fully saturated rings. The molecule has 2 aromatic rings. The molecule has 0 aliphatic carbocycles. The minimum absolute atomic E-state index is 0.0401. The van der Waals surface area contributed by atoms with Crippen LogP contribution in [0.3, 0.4) is 0 Å². The van der Waals surface area contributed by atoms with Crippen LogP contribution in [-0.4, -0.2) is 34.6 Å². The molecular weight excluding hydrogens is 478 g/mol. The summed E-state index contributed by atoms with van der Waals surface area (Å²) < 4.78 is 0. The zero-order valence-electron chi connectivity index (χ0n) is 18.4. The Morgan fingerprint density at radius 1 is 1.23 bits per heavy atom. The zero-order valence-corrected chi connectivity index (χ0v) is 19.2. The second-order valence-electron chi connectivity index (χ2n) is 8.91. The number of anilines is 2. The van der Waals surface area contributed by atoms with Gasteiger partial charge in [0, 0.05) is 35.2 Å². The van der Waals surface area contributed by atoms with E-state index < -0.39 is 52.0 Å². The van der Waals surface area contributed by atoms with Gasteiger partial charge in [0.25, 0.3) is 5.69 Å². The summed E-state index contributed by atoms with van der Waals surface area (Å²) in [4.78, 5) is 64.0. The van der Waals surface area contributed by atoms with Gasteiger partial charge < -0.3 is 11.1 Å². The number of primary amides is 1. The monoisotopic (exact) mass is 497 g/mol. The van der Waals surface area contributed by atoms with Crippen LogP contribution in [0.5, 0.6) is 0 Å². The summed E-state index contributed by atoms with van der Waals surface area (Å²) in [5.41, 5.74) is 5.05. The van der Waals surface area contributed by atoms with Crippen molar-refractivity contribution >= 4 is 52.3 Å². The van der Waals surface area contributed by atoms with Crippen LogP contribution in [0, 0.1) is 28.9 Å². The molecule has 0 aromatic heterocycles. The van der Waals surface area contributed by atoms with Crippen LogP contribution in [0.2, 0.25) is 5.02 Å². The fourth-order valence-corrected chi connectivity index (χ4v) is 5.69. The number of amides is 4. The first-order chi connectivity index (χ1) is 16.6. The number of carbonyl (C=O) groups excluding carboxylic acids is 4. The third-order valence-corrected chi connectivity index (χ3v) is 7.49. The molecule has 2 aromatic carbocycles. The number of nitrogens with zero attached hydrogens (tertiary/aromatic N) is 2. The van der Waals surface area contributed by atoms with Gasteiger partial charge in [-0.15, -0.1) is 0 Å². The van der Waals surface area contributed by atoms with Crippen LogP contribution in [0.25, 0.3) is 0 Å². The minimum atomic E-state index is -1.58. The van der Waals surface area contributed by atoms with E-state index in [1.54, 1.807) is 19.1 Å². The Balaban J connectivity index is 1.66. The van der Waals surface area contributed by atoms with Crippen LogP contribution in [0.4, 0.5) is 17.1 Å². The number of nitro benzene ring substituents is 1. The van der Waals surface area contributed by atoms with Crippen LogP contribution < -0.4 is 21.3 Å². The van der Waals surface area contributed by atoms with Crippen molar-refractivity contribution in [1.82, 2.24) is 5.32 Å². The van der Waals surface area contributed by atoms with Crippen LogP contribution in [0.1, 0.15) is 24.0 Å². The lowest BCUT2D eigenvalue weighted by Crippen LogP contribution is -2.53. The highest BCUT2D eigenvalue weighted by molar-refractivity contribution is 6.32. The first kappa shape index (κ1) is 22.9. The Hall–Kier alpha value is -3.83. The third kappa shape index (κ3) is 3.15. The van der Waals surface area contributed by atoms with E-state index in [-0.39, 0.29) is 24.2 Å². The van der Waals surface area contributed by atoms with E-state index in [1.165, 1.54) is 18.2 Å². The third-order valence-electron chi connectivity index (χ3n) is 7.09. The maximum absolute atomic E-state index is 13.8. The van der Waals surface area contributed by atoms with E-state index in [0.717, 1.165) is 11.0 Å². The number of rotatable bonds is 5. The molecule has 180 valence electrons. The van der Waals surface area contributed by atoms with Gasteiger partial charge in [-0.1, -0.05) is 23.7 Å². The molecule has 3 heterocycles. The lowest BCUT2D eigenvalue weighted by atomic mass is 9.76. The molecule has 4 amide bonds. The minimum Gasteiger partial charge on any atom is -0.370 e. The molecule has 3 aliphatic rings. The quantitative estimate of drug-likeness (QED) is 0.321. The standard InChI is InChI=1S/C23H20ClN5O6/c1-10-14(24)6-5-13-19(10)26-22(33)23(13)18-17(15(27-23)7-8-16(25)30)20(31)28(21(18)32)11-3-2-4-12(9-11)29(34)35/h2-6,9,15,17-18,27H,7-8H2,1H3,(H2,25,30)(H,26,33)/t15-,17+,18+,23+/m0/s1. The molecule has 0 saturated carbocycles. The lowest BCUT2D eigenvalue weighted by Gasteiger charge is -2.29. The van der Waals surface area contributed by atoms with Crippen molar-refractivity contribution in [3.63, 3.8) is 0 Å². The van der Waals surface area contributed by atoms with Crippen molar-refractivity contribution < 1.29 is 24.1 Å². The van der Waals surface area contributed by atoms with Gasteiger partial charge in [0.2, 0.25) is 23.6 Å². The van der Waals surface area contributed by atoms with Crippen molar-refractivity contribution in [2.45, 2.75) is 31.3 Å². The summed E-state index contributed by atoms with van der Waals surface area (Å²) in [6.07, 6.45) is 0.0542. The number of fused-ring (bicyclic) bond motifs is 4. The van der Waals surface area contributed by atoms with E-state index in [1.807, 2.05) is 0 Å². The molecule has 3 aliphatic heterocycles. The molecule has 35 heavy (non-hydrogen) atoms. The van der Waals surface area contributed by atoms with Gasteiger partial charge in [-0.2, -0.15) is 0 Å². The molecule has 0 bridgehead atoms. The molecule has 4 atom stereocenters. The highest BCUT2D eigenvalue weighted by atomic mass is 35.5. The van der Waals surface area contributed by atoms with Gasteiger partial charge >= 0.3 is 0 Å². The van der Waals surface area contributed by atoms with Gasteiger partial charge in [-0.3, -0.25) is 34.6 Å². The Bertz CT molecular complexity index is 1350. The SMILES string of the molecule is Cc1c(Cl)ccc2c1NC(=O)[C@@]21N[C@@H](CCC(N)=O)[C@H]2C(=O)N(c3cccc([N+](=O)[O-])c3)C(=O)[C@@H]21. The highest BCUT2D eigenvalue weighted by Crippen LogP contribution is 2.55. The molecular formula is C23H20ClN5O6. The Morgan fingerprint density at radius 2 is 1.97 bits per heavy atom. The number of non-ortho nitro benzene ring substituents is 1. The number of nitrogens with two attached hydrogens (primary N) is 1. The predicted molar refractivity (Wildman–Crippen MR) is 124 cm³/mol. The normalized spacial score (nSPS) is 26.7. The highest BCUT2D eigenvalue weighted by Gasteiger charge is 2.70. The van der Waals surface area contributed by atoms with Gasteiger partial charge in [0.15, 0.2) is 0 Å². The van der Waals surface area contributed by atoms with Crippen molar-refractivity contribution in [3.05, 3.63) is 62.7 Å². The smallest absolute Gasteiger partial charge is 0.271 e. The molecule has 0 unspecified atom stereocenters. The number of benzene rings is 2. The van der Waals surface area contributed by atoms with E-state index in [4.69, 9.17) is 17.3 Å². The van der Waals surface area contributed by atoms with Crippen molar-refractivity contribution in [1.29, 1.82) is 0 Å². The van der Waals surface area contributed by atoms with Gasteiger partial charge in [0.1, 0.15) is 5.54 Å². The number of hydrogen-bond acceptors (Lipinski definition) is 7. The Kier molecular flexibility index (Phi) is 5.15. The molecule has 1 spiro atoms. The number of nitro groups is 1. The van der Waals surface area contributed by atoms with Gasteiger partial charge in [-0.05, 0) is 31.0 Å². The average molecular weight is 498 g/mol. The van der Waals surface area contributed by atoms with Crippen LogP contribution >= 0.6 is 11.6 Å². The second-order valence-corrected chi connectivity index (χ2v) is 9.31. The number of hydrogen-bond donors (Lipinski definition) is 3. The van der Waals surface area contributed by atoms with Crippen LogP contribution in [-0.2, 0) is 24.7 Å². The molecule has 12 heteroatoms. The Labute approximate surface area is 203 Å². The number of nitrogens with one attached hydrogen (secondary N) is 2. The molecule has 2 saturated heterocycles. The van der Waals surface area contributed by atoms with E-state index >= 15 is 0 Å². The average Bonchev–Trinajstić information content (AvgIpc) is 3.40. The first-order valence-corrected chi connectivity index (χ1v) is 11.2. The largest absolute Gasteiger partial charge is 0.370 e. The van der Waals surface area contributed by atoms with E-state index in [0.29, 0.717) is 21.8 Å². The van der Waals surface area contributed by atoms with E-state index in [9.17, 15) is 29.3 Å². The topological polar surface area (TPSA) is 165 Å². The predicted octanol–water partition coefficient (Wildman–Crippen LogP) is 1.75. The maximum Gasteiger partial charge on any atom is 0.271 e. The summed E-state index contributed by atoms with van der Waals surface area (Å²) in [7, 11) is 0. The van der Waals surface area contributed by atoms with Crippen LogP contribution in [0.15, 0.2) is 36.4 Å². The van der Waals surface area contributed by atoms with Gasteiger partial charge in [0.05, 0.1) is 28.1 Å². The Morgan fingerprint density at radius 3 is 2.66 bits per heavy atom. The molecule has 11 nitrogen and oxygen atoms in total. The van der Waals surface area contributed by atoms with E-state index in [2.05, 4.69) is 10.6 Å².